The number of anilines is 1. The smallest absolute Gasteiger partial charge is 0.0828 e. The topological polar surface area (TPSA) is 47.7 Å². The van der Waals surface area contributed by atoms with Gasteiger partial charge in [0.05, 0.1) is 29.3 Å². The zero-order valence-corrected chi connectivity index (χ0v) is 11.0. The minimum atomic E-state index is 0.227. The van der Waals surface area contributed by atoms with Gasteiger partial charge in [-0.3, -0.25) is 9.36 Å². The number of hydrogen-bond donors (Lipinski definition) is 1. The van der Waals surface area contributed by atoms with E-state index < -0.39 is 0 Å². The van der Waals surface area contributed by atoms with E-state index in [-0.39, 0.29) is 6.04 Å². The molecule has 0 radical (unpaired) electrons. The number of nitrogens with zero attached hydrogens (tertiary/aromatic N) is 4. The van der Waals surface area contributed by atoms with Gasteiger partial charge in [-0.15, -0.1) is 0 Å². The summed E-state index contributed by atoms with van der Waals surface area (Å²) in [7, 11) is 3.89. The molecule has 5 nitrogen and oxygen atoms in total. The van der Waals surface area contributed by atoms with E-state index >= 15 is 0 Å². The highest BCUT2D eigenvalue weighted by atomic mass is 15.3. The van der Waals surface area contributed by atoms with Gasteiger partial charge in [-0.2, -0.15) is 10.2 Å². The standard InChI is InChI=1S/C12H19N5/c1-8(11-6-13-16(4)7-11)14-12-9(2)15-17(5)10(12)3/h6-8,14H,1-5H3. The van der Waals surface area contributed by atoms with E-state index in [9.17, 15) is 0 Å². The van der Waals surface area contributed by atoms with Gasteiger partial charge in [0, 0.05) is 25.9 Å². The number of rotatable bonds is 3. The van der Waals surface area contributed by atoms with E-state index in [0.717, 1.165) is 17.1 Å². The molecule has 2 aromatic heterocycles. The number of nitrogens with one attached hydrogen (secondary N) is 1. The van der Waals surface area contributed by atoms with Crippen LogP contribution in [0.25, 0.3) is 0 Å². The number of aryl methyl sites for hydroxylation is 3. The van der Waals surface area contributed by atoms with Crippen LogP contribution in [-0.2, 0) is 14.1 Å². The molecule has 0 saturated heterocycles. The van der Waals surface area contributed by atoms with Crippen LogP contribution in [0, 0.1) is 13.8 Å². The van der Waals surface area contributed by atoms with Crippen molar-refractivity contribution in [1.29, 1.82) is 0 Å². The molecule has 2 heterocycles. The number of aromatic nitrogens is 4. The van der Waals surface area contributed by atoms with Crippen molar-refractivity contribution in [2.45, 2.75) is 26.8 Å². The fourth-order valence-electron chi connectivity index (χ4n) is 1.95. The third-order valence-electron chi connectivity index (χ3n) is 3.09. The lowest BCUT2D eigenvalue weighted by Gasteiger charge is -2.13. The Bertz CT molecular complexity index is 523. The first kappa shape index (κ1) is 11.7. The quantitative estimate of drug-likeness (QED) is 0.881. The molecular weight excluding hydrogens is 214 g/mol. The molecule has 1 unspecified atom stereocenters. The van der Waals surface area contributed by atoms with Crippen LogP contribution in [0.4, 0.5) is 5.69 Å². The Labute approximate surface area is 101 Å². The second-order valence-corrected chi connectivity index (χ2v) is 4.48. The van der Waals surface area contributed by atoms with Crippen LogP contribution in [-0.4, -0.2) is 19.6 Å². The lowest BCUT2D eigenvalue weighted by atomic mass is 10.1. The van der Waals surface area contributed by atoms with Crippen molar-refractivity contribution in [1.82, 2.24) is 19.6 Å². The molecule has 17 heavy (non-hydrogen) atoms. The molecule has 0 aliphatic heterocycles. The van der Waals surface area contributed by atoms with Gasteiger partial charge >= 0.3 is 0 Å². The van der Waals surface area contributed by atoms with E-state index in [0.29, 0.717) is 0 Å². The molecule has 2 aromatic rings. The summed E-state index contributed by atoms with van der Waals surface area (Å²) >= 11 is 0. The molecule has 1 N–H and O–H groups in total. The van der Waals surface area contributed by atoms with E-state index in [1.54, 1.807) is 0 Å². The van der Waals surface area contributed by atoms with E-state index in [2.05, 4.69) is 29.4 Å². The van der Waals surface area contributed by atoms with Crippen LogP contribution < -0.4 is 5.32 Å². The van der Waals surface area contributed by atoms with Crippen molar-refractivity contribution in [2.75, 3.05) is 5.32 Å². The van der Waals surface area contributed by atoms with Crippen molar-refractivity contribution < 1.29 is 0 Å². The maximum atomic E-state index is 4.40. The summed E-state index contributed by atoms with van der Waals surface area (Å²) in [6, 6.07) is 0.227. The van der Waals surface area contributed by atoms with Crippen molar-refractivity contribution in [3.63, 3.8) is 0 Å². The fourth-order valence-corrected chi connectivity index (χ4v) is 1.95. The Morgan fingerprint density at radius 2 is 2.00 bits per heavy atom. The zero-order valence-electron chi connectivity index (χ0n) is 11.0. The molecule has 5 heteroatoms. The van der Waals surface area contributed by atoms with Crippen molar-refractivity contribution in [2.24, 2.45) is 14.1 Å². The van der Waals surface area contributed by atoms with Gasteiger partial charge in [0.15, 0.2) is 0 Å². The third-order valence-corrected chi connectivity index (χ3v) is 3.09. The Morgan fingerprint density at radius 1 is 1.29 bits per heavy atom. The van der Waals surface area contributed by atoms with Crippen molar-refractivity contribution in [3.8, 4) is 0 Å². The molecule has 0 aromatic carbocycles. The lowest BCUT2D eigenvalue weighted by molar-refractivity contribution is 0.731. The predicted octanol–water partition coefficient (Wildman–Crippen LogP) is 1.94. The van der Waals surface area contributed by atoms with E-state index in [4.69, 9.17) is 0 Å². The molecule has 0 spiro atoms. The largest absolute Gasteiger partial charge is 0.375 e. The van der Waals surface area contributed by atoms with Gasteiger partial charge in [0.1, 0.15) is 0 Å². The first-order valence-electron chi connectivity index (χ1n) is 5.74. The van der Waals surface area contributed by atoms with E-state index in [1.165, 1.54) is 5.56 Å². The average molecular weight is 233 g/mol. The van der Waals surface area contributed by atoms with Gasteiger partial charge in [-0.05, 0) is 20.8 Å². The van der Waals surface area contributed by atoms with Gasteiger partial charge in [0.25, 0.3) is 0 Å². The summed E-state index contributed by atoms with van der Waals surface area (Å²) in [4.78, 5) is 0. The van der Waals surface area contributed by atoms with Crippen LogP contribution in [0.5, 0.6) is 0 Å². The first-order chi connectivity index (χ1) is 7.99. The Morgan fingerprint density at radius 3 is 2.47 bits per heavy atom. The summed E-state index contributed by atoms with van der Waals surface area (Å²) < 4.78 is 3.71. The SMILES string of the molecule is Cc1nn(C)c(C)c1NC(C)c1cnn(C)c1. The Balaban J connectivity index is 2.21. The van der Waals surface area contributed by atoms with Crippen molar-refractivity contribution >= 4 is 5.69 Å². The van der Waals surface area contributed by atoms with Gasteiger partial charge in [-0.25, -0.2) is 0 Å². The normalized spacial score (nSPS) is 12.8. The zero-order chi connectivity index (χ0) is 12.6. The van der Waals surface area contributed by atoms with Gasteiger partial charge in [-0.1, -0.05) is 0 Å². The van der Waals surface area contributed by atoms with Crippen LogP contribution in [0.2, 0.25) is 0 Å². The third kappa shape index (κ3) is 2.18. The second kappa shape index (κ2) is 4.24. The highest BCUT2D eigenvalue weighted by Gasteiger charge is 2.13. The fraction of sp³-hybridized carbons (Fsp3) is 0.500. The molecule has 92 valence electrons. The highest BCUT2D eigenvalue weighted by Crippen LogP contribution is 2.24. The number of hydrogen-bond acceptors (Lipinski definition) is 3. The molecule has 0 aliphatic rings. The monoisotopic (exact) mass is 233 g/mol. The summed E-state index contributed by atoms with van der Waals surface area (Å²) in [5.74, 6) is 0. The summed E-state index contributed by atoms with van der Waals surface area (Å²) in [5.41, 5.74) is 4.47. The summed E-state index contributed by atoms with van der Waals surface area (Å²) in [6.45, 7) is 6.21. The minimum Gasteiger partial charge on any atom is -0.375 e. The first-order valence-corrected chi connectivity index (χ1v) is 5.74. The van der Waals surface area contributed by atoms with Crippen molar-refractivity contribution in [3.05, 3.63) is 29.3 Å². The Kier molecular flexibility index (Phi) is 2.92. The maximum absolute atomic E-state index is 4.40. The highest BCUT2D eigenvalue weighted by molar-refractivity contribution is 5.53. The minimum absolute atomic E-state index is 0.227. The summed E-state index contributed by atoms with van der Waals surface area (Å²) in [6.07, 6.45) is 3.91. The summed E-state index contributed by atoms with van der Waals surface area (Å²) in [5, 5.41) is 12.1. The van der Waals surface area contributed by atoms with Gasteiger partial charge < -0.3 is 5.32 Å². The lowest BCUT2D eigenvalue weighted by Crippen LogP contribution is -2.07. The molecule has 0 amide bonds. The molecular formula is C12H19N5. The Hall–Kier alpha value is -1.78. The molecule has 0 saturated carbocycles. The average Bonchev–Trinajstić information content (AvgIpc) is 2.79. The molecule has 1 atom stereocenters. The molecule has 2 rings (SSSR count). The maximum Gasteiger partial charge on any atom is 0.0828 e. The van der Waals surface area contributed by atoms with Crippen LogP contribution in [0.3, 0.4) is 0 Å². The van der Waals surface area contributed by atoms with Crippen LogP contribution >= 0.6 is 0 Å². The van der Waals surface area contributed by atoms with Crippen LogP contribution in [0.15, 0.2) is 12.4 Å². The molecule has 0 aliphatic carbocycles. The second-order valence-electron chi connectivity index (χ2n) is 4.48. The van der Waals surface area contributed by atoms with E-state index in [1.807, 2.05) is 42.8 Å². The molecule has 0 bridgehead atoms. The molecule has 0 fully saturated rings. The predicted molar refractivity (Wildman–Crippen MR) is 67.9 cm³/mol. The van der Waals surface area contributed by atoms with Crippen LogP contribution in [0.1, 0.15) is 29.9 Å². The van der Waals surface area contributed by atoms with Gasteiger partial charge in [0.2, 0.25) is 0 Å².